The molecule has 0 aliphatic rings. The topological polar surface area (TPSA) is 65.4 Å². The number of rotatable bonds is 10. The number of ether oxygens (including phenoxy) is 2. The van der Waals surface area contributed by atoms with Crippen molar-refractivity contribution in [3.63, 3.8) is 0 Å². The van der Waals surface area contributed by atoms with Crippen LogP contribution in [0.4, 0.5) is 0 Å². The lowest BCUT2D eigenvalue weighted by Crippen LogP contribution is -2.29. The summed E-state index contributed by atoms with van der Waals surface area (Å²) in [5.41, 5.74) is 1.89. The molecule has 0 spiro atoms. The number of aryl methyl sites for hydroxylation is 1. The first-order valence-corrected chi connectivity index (χ1v) is 11.3. The van der Waals surface area contributed by atoms with Gasteiger partial charge in [0.15, 0.2) is 6.61 Å². The Balaban J connectivity index is 1.34. The molecule has 4 rings (SSSR count). The fourth-order valence-electron chi connectivity index (χ4n) is 3.38. The van der Waals surface area contributed by atoms with Gasteiger partial charge in [0, 0.05) is 11.6 Å². The van der Waals surface area contributed by atoms with Gasteiger partial charge in [0.1, 0.15) is 17.3 Å². The maximum Gasteiger partial charge on any atom is 0.258 e. The molecule has 1 amide bonds. The molecule has 0 aliphatic heterocycles. The van der Waals surface area contributed by atoms with Crippen LogP contribution in [0, 0.1) is 0 Å². The minimum Gasteiger partial charge on any atom is -0.492 e. The van der Waals surface area contributed by atoms with Crippen LogP contribution in [0.5, 0.6) is 11.5 Å². The standard InChI is InChI=1S/C25H23Cl2N3O3/c26-18-10-12-19(13-11-18)33-17-25(31)28-16-24-29-21-7-2-3-8-22(21)30(24)14-5-15-32-23-9-4-1-6-20(23)27/h1-4,6-13H,5,14-17H2,(H,28,31). The fraction of sp³-hybridized carbons (Fsp3) is 0.200. The van der Waals surface area contributed by atoms with E-state index in [0.717, 1.165) is 23.3 Å². The number of benzene rings is 3. The third-order valence-corrected chi connectivity index (χ3v) is 5.55. The molecule has 4 aromatic rings. The largest absolute Gasteiger partial charge is 0.492 e. The van der Waals surface area contributed by atoms with Crippen LogP contribution in [-0.2, 0) is 17.9 Å². The number of hydrogen-bond acceptors (Lipinski definition) is 4. The van der Waals surface area contributed by atoms with Gasteiger partial charge in [-0.3, -0.25) is 4.79 Å². The molecule has 0 fully saturated rings. The number of carbonyl (C=O) groups is 1. The third-order valence-electron chi connectivity index (χ3n) is 4.98. The summed E-state index contributed by atoms with van der Waals surface area (Å²) in [5.74, 6) is 1.79. The number of amides is 1. The summed E-state index contributed by atoms with van der Waals surface area (Å²) in [4.78, 5) is 17.0. The molecule has 33 heavy (non-hydrogen) atoms. The second-order valence-electron chi connectivity index (χ2n) is 7.32. The van der Waals surface area contributed by atoms with Gasteiger partial charge in [0.2, 0.25) is 0 Å². The zero-order valence-electron chi connectivity index (χ0n) is 17.8. The Hall–Kier alpha value is -3.22. The predicted octanol–water partition coefficient (Wildman–Crippen LogP) is 5.51. The Bertz CT molecular complexity index is 1230. The Labute approximate surface area is 202 Å². The number of hydrogen-bond donors (Lipinski definition) is 1. The number of aromatic nitrogens is 2. The number of imidazole rings is 1. The molecule has 1 aromatic heterocycles. The molecule has 1 N–H and O–H groups in total. The first kappa shape index (κ1) is 23.0. The van der Waals surface area contributed by atoms with Gasteiger partial charge in [-0.15, -0.1) is 0 Å². The zero-order chi connectivity index (χ0) is 23.0. The fourth-order valence-corrected chi connectivity index (χ4v) is 3.70. The molecule has 170 valence electrons. The monoisotopic (exact) mass is 483 g/mol. The first-order chi connectivity index (χ1) is 16.1. The molecule has 0 bridgehead atoms. The highest BCUT2D eigenvalue weighted by atomic mass is 35.5. The molecule has 6 nitrogen and oxygen atoms in total. The third kappa shape index (κ3) is 6.18. The Morgan fingerprint density at radius 2 is 1.70 bits per heavy atom. The lowest BCUT2D eigenvalue weighted by Gasteiger charge is -2.12. The average molecular weight is 484 g/mol. The summed E-state index contributed by atoms with van der Waals surface area (Å²) in [6.45, 7) is 1.41. The van der Waals surface area contributed by atoms with Crippen molar-refractivity contribution in [2.24, 2.45) is 0 Å². The number of nitrogens with one attached hydrogen (secondary N) is 1. The highest BCUT2D eigenvalue weighted by Gasteiger charge is 2.12. The molecule has 0 atom stereocenters. The highest BCUT2D eigenvalue weighted by molar-refractivity contribution is 6.32. The van der Waals surface area contributed by atoms with E-state index in [9.17, 15) is 4.79 Å². The van der Waals surface area contributed by atoms with Crippen molar-refractivity contribution in [2.75, 3.05) is 13.2 Å². The van der Waals surface area contributed by atoms with Gasteiger partial charge in [-0.25, -0.2) is 4.98 Å². The van der Waals surface area contributed by atoms with E-state index in [0.29, 0.717) is 41.2 Å². The van der Waals surface area contributed by atoms with Gasteiger partial charge in [0.05, 0.1) is 29.2 Å². The summed E-state index contributed by atoms with van der Waals surface area (Å²) >= 11 is 12.0. The Morgan fingerprint density at radius 3 is 2.52 bits per heavy atom. The molecule has 0 unspecified atom stereocenters. The molecular formula is C25H23Cl2N3O3. The van der Waals surface area contributed by atoms with E-state index in [1.54, 1.807) is 30.3 Å². The number of nitrogens with zero attached hydrogens (tertiary/aromatic N) is 2. The number of para-hydroxylation sites is 3. The van der Waals surface area contributed by atoms with E-state index >= 15 is 0 Å². The van der Waals surface area contributed by atoms with E-state index < -0.39 is 0 Å². The van der Waals surface area contributed by atoms with Gasteiger partial charge in [-0.05, 0) is 55.0 Å². The van der Waals surface area contributed by atoms with Crippen LogP contribution in [0.3, 0.4) is 0 Å². The van der Waals surface area contributed by atoms with Crippen molar-refractivity contribution in [1.82, 2.24) is 14.9 Å². The zero-order valence-corrected chi connectivity index (χ0v) is 19.4. The minimum atomic E-state index is -0.231. The van der Waals surface area contributed by atoms with E-state index in [-0.39, 0.29) is 12.5 Å². The minimum absolute atomic E-state index is 0.0897. The van der Waals surface area contributed by atoms with Crippen LogP contribution >= 0.6 is 23.2 Å². The van der Waals surface area contributed by atoms with Crippen LogP contribution in [-0.4, -0.2) is 28.7 Å². The molecule has 0 saturated heterocycles. The summed E-state index contributed by atoms with van der Waals surface area (Å²) in [7, 11) is 0. The predicted molar refractivity (Wildman–Crippen MR) is 130 cm³/mol. The van der Waals surface area contributed by atoms with Crippen molar-refractivity contribution in [3.8, 4) is 11.5 Å². The SMILES string of the molecule is O=C(COc1ccc(Cl)cc1)NCc1nc2ccccc2n1CCCOc1ccccc1Cl. The van der Waals surface area contributed by atoms with Crippen molar-refractivity contribution in [2.45, 2.75) is 19.5 Å². The lowest BCUT2D eigenvalue weighted by molar-refractivity contribution is -0.123. The van der Waals surface area contributed by atoms with Crippen molar-refractivity contribution in [3.05, 3.63) is 88.7 Å². The van der Waals surface area contributed by atoms with Crippen LogP contribution < -0.4 is 14.8 Å². The van der Waals surface area contributed by atoms with E-state index in [1.165, 1.54) is 0 Å². The summed E-state index contributed by atoms with van der Waals surface area (Å²) in [5, 5.41) is 4.09. The summed E-state index contributed by atoms with van der Waals surface area (Å²) in [6, 6.07) is 22.2. The molecule has 0 saturated carbocycles. The van der Waals surface area contributed by atoms with Gasteiger partial charge in [0.25, 0.3) is 5.91 Å². The summed E-state index contributed by atoms with van der Waals surface area (Å²) < 4.78 is 13.4. The van der Waals surface area contributed by atoms with Gasteiger partial charge >= 0.3 is 0 Å². The van der Waals surface area contributed by atoms with E-state index in [1.807, 2.05) is 42.5 Å². The quantitative estimate of drug-likeness (QED) is 0.302. The van der Waals surface area contributed by atoms with Crippen molar-refractivity contribution in [1.29, 1.82) is 0 Å². The normalized spacial score (nSPS) is 10.8. The van der Waals surface area contributed by atoms with E-state index in [2.05, 4.69) is 9.88 Å². The lowest BCUT2D eigenvalue weighted by atomic mass is 10.3. The maximum atomic E-state index is 12.3. The molecule has 0 aliphatic carbocycles. The Kier molecular flexibility index (Phi) is 7.70. The number of carbonyl (C=O) groups excluding carboxylic acids is 1. The molecule has 3 aromatic carbocycles. The van der Waals surface area contributed by atoms with Gasteiger partial charge in [-0.1, -0.05) is 47.5 Å². The molecule has 0 radical (unpaired) electrons. The second-order valence-corrected chi connectivity index (χ2v) is 8.16. The van der Waals surface area contributed by atoms with Gasteiger partial charge in [-0.2, -0.15) is 0 Å². The molecular weight excluding hydrogens is 461 g/mol. The van der Waals surface area contributed by atoms with Crippen molar-refractivity contribution < 1.29 is 14.3 Å². The maximum absolute atomic E-state index is 12.3. The van der Waals surface area contributed by atoms with Crippen LogP contribution in [0.2, 0.25) is 10.0 Å². The van der Waals surface area contributed by atoms with Crippen LogP contribution in [0.15, 0.2) is 72.8 Å². The van der Waals surface area contributed by atoms with Crippen molar-refractivity contribution >= 4 is 40.1 Å². The highest BCUT2D eigenvalue weighted by Crippen LogP contribution is 2.23. The second kappa shape index (κ2) is 11.1. The van der Waals surface area contributed by atoms with Crippen LogP contribution in [0.25, 0.3) is 11.0 Å². The Morgan fingerprint density at radius 1 is 0.939 bits per heavy atom. The summed E-state index contributed by atoms with van der Waals surface area (Å²) in [6.07, 6.45) is 0.756. The van der Waals surface area contributed by atoms with E-state index in [4.69, 9.17) is 37.7 Å². The molecule has 1 heterocycles. The first-order valence-electron chi connectivity index (χ1n) is 10.6. The van der Waals surface area contributed by atoms with Gasteiger partial charge < -0.3 is 19.4 Å². The average Bonchev–Trinajstić information content (AvgIpc) is 3.18. The number of fused-ring (bicyclic) bond motifs is 1. The smallest absolute Gasteiger partial charge is 0.258 e. The molecule has 8 heteroatoms. The van der Waals surface area contributed by atoms with Crippen LogP contribution in [0.1, 0.15) is 12.2 Å². The number of halogens is 2.